The molecule has 3 heterocycles. The van der Waals surface area contributed by atoms with Crippen LogP contribution in [0.1, 0.15) is 24.3 Å². The number of sulfonamides is 1. The molecule has 1 saturated carbocycles. The molecule has 0 amide bonds. The molecular weight excluding hydrogens is 464 g/mol. The zero-order valence-electron chi connectivity index (χ0n) is 16.5. The van der Waals surface area contributed by atoms with E-state index in [0.29, 0.717) is 67.1 Å². The molecule has 32 heavy (non-hydrogen) atoms. The number of nitrogens with one attached hydrogen (secondary N) is 1. The molecule has 1 aromatic carbocycles. The first-order valence-electron chi connectivity index (χ1n) is 9.74. The van der Waals surface area contributed by atoms with Crippen molar-refractivity contribution in [3.8, 4) is 11.2 Å². The number of nitriles is 1. The maximum atomic E-state index is 13.1. The summed E-state index contributed by atoms with van der Waals surface area (Å²) < 4.78 is 61.5. The van der Waals surface area contributed by atoms with Crippen molar-refractivity contribution in [3.63, 3.8) is 0 Å². The van der Waals surface area contributed by atoms with E-state index in [2.05, 4.69) is 20.0 Å². The molecule has 0 unspecified atom stereocenters. The van der Waals surface area contributed by atoms with Crippen molar-refractivity contribution in [1.82, 2.24) is 24.7 Å². The number of benzene rings is 1. The molecule has 1 aliphatic heterocycles. The number of hydrogen-bond acceptors (Lipinski definition) is 9. The van der Waals surface area contributed by atoms with Crippen LogP contribution in [0.2, 0.25) is 0 Å². The standard InChI is InChI=1S/C18H17F2N7O3S2/c19-15(20)16-23-24-17(31-16)27-14-8-11(32(28,29)25-18(10-21)1-2-18)7-13(12(14)9-22-27)26-3-5-30-6-4-26/h7-9,15,25H,1-6H2. The second kappa shape index (κ2) is 7.69. The summed E-state index contributed by atoms with van der Waals surface area (Å²) >= 11 is 0.678. The van der Waals surface area contributed by atoms with Crippen molar-refractivity contribution < 1.29 is 21.9 Å². The number of morpholine rings is 1. The van der Waals surface area contributed by atoms with Crippen LogP contribution >= 0.6 is 11.3 Å². The minimum Gasteiger partial charge on any atom is -0.378 e. The van der Waals surface area contributed by atoms with Gasteiger partial charge in [0.2, 0.25) is 15.2 Å². The Labute approximate surface area is 185 Å². The highest BCUT2D eigenvalue weighted by Crippen LogP contribution is 2.38. The van der Waals surface area contributed by atoms with Crippen LogP contribution in [0.25, 0.3) is 16.0 Å². The Hall–Kier alpha value is -2.73. The average molecular weight is 482 g/mol. The van der Waals surface area contributed by atoms with Gasteiger partial charge in [0.1, 0.15) is 5.54 Å². The predicted octanol–water partition coefficient (Wildman–Crippen LogP) is 1.99. The van der Waals surface area contributed by atoms with Crippen LogP contribution in [0, 0.1) is 11.3 Å². The van der Waals surface area contributed by atoms with E-state index < -0.39 is 27.0 Å². The number of alkyl halides is 2. The molecule has 0 atom stereocenters. The molecule has 2 aromatic heterocycles. The number of nitrogens with zero attached hydrogens (tertiary/aromatic N) is 6. The quantitative estimate of drug-likeness (QED) is 0.567. The summed E-state index contributed by atoms with van der Waals surface area (Å²) in [5, 5.41) is 21.2. The average Bonchev–Trinajstić information content (AvgIpc) is 3.18. The molecule has 168 valence electrons. The van der Waals surface area contributed by atoms with Gasteiger partial charge in [-0.3, -0.25) is 0 Å². The topological polar surface area (TPSA) is 126 Å². The van der Waals surface area contributed by atoms with Gasteiger partial charge in [-0.15, -0.1) is 10.2 Å². The number of fused-ring (bicyclic) bond motifs is 1. The largest absolute Gasteiger partial charge is 0.378 e. The molecule has 1 saturated heterocycles. The molecular formula is C18H17F2N7O3S2. The highest BCUT2D eigenvalue weighted by atomic mass is 32.2. The number of hydrogen-bond donors (Lipinski definition) is 1. The molecule has 0 spiro atoms. The summed E-state index contributed by atoms with van der Waals surface area (Å²) in [6.07, 6.45) is -0.334. The maximum Gasteiger partial charge on any atom is 0.291 e. The Kier molecular flexibility index (Phi) is 5.08. The van der Waals surface area contributed by atoms with Gasteiger partial charge in [0, 0.05) is 24.2 Å². The molecule has 2 aliphatic rings. The summed E-state index contributed by atoms with van der Waals surface area (Å²) in [6, 6.07) is 4.97. The smallest absolute Gasteiger partial charge is 0.291 e. The summed E-state index contributed by atoms with van der Waals surface area (Å²) in [7, 11) is -4.03. The number of anilines is 1. The number of ether oxygens (including phenoxy) is 1. The first-order valence-corrected chi connectivity index (χ1v) is 12.0. The van der Waals surface area contributed by atoms with Gasteiger partial charge in [-0.2, -0.15) is 15.1 Å². The molecule has 1 N–H and O–H groups in total. The Morgan fingerprint density at radius 3 is 2.62 bits per heavy atom. The summed E-state index contributed by atoms with van der Waals surface area (Å²) in [4.78, 5) is 1.94. The summed E-state index contributed by atoms with van der Waals surface area (Å²) in [5.74, 6) is 0. The molecule has 2 fully saturated rings. The van der Waals surface area contributed by atoms with Crippen molar-refractivity contribution in [2.45, 2.75) is 29.7 Å². The Morgan fingerprint density at radius 1 is 1.25 bits per heavy atom. The molecule has 10 nitrogen and oxygen atoms in total. The van der Waals surface area contributed by atoms with Crippen LogP contribution in [-0.2, 0) is 14.8 Å². The van der Waals surface area contributed by atoms with Crippen LogP contribution < -0.4 is 9.62 Å². The normalized spacial score (nSPS) is 18.2. The third kappa shape index (κ3) is 3.71. The van der Waals surface area contributed by atoms with Gasteiger partial charge in [0.05, 0.1) is 35.9 Å². The first-order chi connectivity index (χ1) is 15.3. The lowest BCUT2D eigenvalue weighted by atomic mass is 10.2. The monoisotopic (exact) mass is 481 g/mol. The van der Waals surface area contributed by atoms with Crippen LogP contribution in [0.5, 0.6) is 0 Å². The van der Waals surface area contributed by atoms with E-state index in [1.54, 1.807) is 12.3 Å². The Balaban J connectivity index is 1.66. The minimum absolute atomic E-state index is 0.0478. The van der Waals surface area contributed by atoms with Gasteiger partial charge >= 0.3 is 0 Å². The van der Waals surface area contributed by atoms with Gasteiger partial charge in [-0.1, -0.05) is 11.3 Å². The van der Waals surface area contributed by atoms with E-state index in [9.17, 15) is 22.5 Å². The molecule has 0 radical (unpaired) electrons. The van der Waals surface area contributed by atoms with E-state index in [-0.39, 0.29) is 10.0 Å². The zero-order valence-corrected chi connectivity index (χ0v) is 18.2. The van der Waals surface area contributed by atoms with Crippen LogP contribution in [0.15, 0.2) is 23.2 Å². The fraction of sp³-hybridized carbons (Fsp3) is 0.444. The van der Waals surface area contributed by atoms with E-state index in [0.717, 1.165) is 0 Å². The van der Waals surface area contributed by atoms with Gasteiger partial charge < -0.3 is 9.64 Å². The van der Waals surface area contributed by atoms with Gasteiger partial charge in [-0.05, 0) is 25.0 Å². The van der Waals surface area contributed by atoms with E-state index >= 15 is 0 Å². The third-order valence-electron chi connectivity index (χ3n) is 5.39. The van der Waals surface area contributed by atoms with Crippen LogP contribution in [-0.4, -0.2) is 60.2 Å². The lowest BCUT2D eigenvalue weighted by Gasteiger charge is -2.29. The molecule has 14 heteroatoms. The van der Waals surface area contributed by atoms with Gasteiger partial charge in [0.15, 0.2) is 5.01 Å². The van der Waals surface area contributed by atoms with E-state index in [1.165, 1.54) is 10.7 Å². The Morgan fingerprint density at radius 2 is 2.00 bits per heavy atom. The van der Waals surface area contributed by atoms with Crippen LogP contribution in [0.4, 0.5) is 14.5 Å². The molecule has 3 aromatic rings. The van der Waals surface area contributed by atoms with Crippen molar-refractivity contribution >= 4 is 38.0 Å². The van der Waals surface area contributed by atoms with E-state index in [4.69, 9.17) is 4.74 Å². The second-order valence-electron chi connectivity index (χ2n) is 7.55. The van der Waals surface area contributed by atoms with Crippen molar-refractivity contribution in [1.29, 1.82) is 5.26 Å². The van der Waals surface area contributed by atoms with Crippen LogP contribution in [0.3, 0.4) is 0 Å². The maximum absolute atomic E-state index is 13.1. The molecule has 5 rings (SSSR count). The van der Waals surface area contributed by atoms with Crippen molar-refractivity contribution in [2.75, 3.05) is 31.2 Å². The summed E-state index contributed by atoms with van der Waals surface area (Å²) in [6.45, 7) is 2.06. The second-order valence-corrected chi connectivity index (χ2v) is 10.2. The highest BCUT2D eigenvalue weighted by Gasteiger charge is 2.47. The number of aromatic nitrogens is 4. The van der Waals surface area contributed by atoms with Crippen molar-refractivity contribution in [2.24, 2.45) is 0 Å². The highest BCUT2D eigenvalue weighted by molar-refractivity contribution is 7.89. The fourth-order valence-corrected chi connectivity index (χ4v) is 5.62. The van der Waals surface area contributed by atoms with Gasteiger partial charge in [-0.25, -0.2) is 21.9 Å². The summed E-state index contributed by atoms with van der Waals surface area (Å²) in [5.41, 5.74) is -0.0792. The lowest BCUT2D eigenvalue weighted by Crippen LogP contribution is -2.37. The number of halogens is 2. The minimum atomic E-state index is -4.03. The predicted molar refractivity (Wildman–Crippen MR) is 110 cm³/mol. The van der Waals surface area contributed by atoms with Gasteiger partial charge in [0.25, 0.3) is 6.43 Å². The Bertz CT molecular complexity index is 1320. The van der Waals surface area contributed by atoms with E-state index in [1.807, 2.05) is 11.0 Å². The first kappa shape index (κ1) is 21.1. The zero-order chi connectivity index (χ0) is 22.5. The molecule has 0 bridgehead atoms. The third-order valence-corrected chi connectivity index (χ3v) is 7.82. The fourth-order valence-electron chi connectivity index (χ4n) is 3.53. The van der Waals surface area contributed by atoms with Crippen molar-refractivity contribution in [3.05, 3.63) is 23.3 Å². The lowest BCUT2D eigenvalue weighted by molar-refractivity contribution is 0.123. The number of rotatable bonds is 6. The molecule has 1 aliphatic carbocycles. The SMILES string of the molecule is N#CC1(NS(=O)(=O)c2cc(N3CCOCC3)c3cnn(-c4nnc(C(F)F)s4)c3c2)CC1.